The lowest BCUT2D eigenvalue weighted by molar-refractivity contribution is -0.145. The van der Waals surface area contributed by atoms with Crippen LogP contribution < -0.4 is 0 Å². The highest BCUT2D eigenvalue weighted by Gasteiger charge is 2.65. The van der Waals surface area contributed by atoms with E-state index in [9.17, 15) is 5.11 Å². The molecule has 1 N–H and O–H groups in total. The van der Waals surface area contributed by atoms with Gasteiger partial charge < -0.3 is 5.11 Å². The second-order valence-corrected chi connectivity index (χ2v) is 10.4. The van der Waals surface area contributed by atoms with Gasteiger partial charge in [0.2, 0.25) is 0 Å². The first-order chi connectivity index (χ1) is 9.70. The highest BCUT2D eigenvalue weighted by Crippen LogP contribution is 2.72. The molecule has 2 bridgehead atoms. The molecule has 4 aliphatic rings. The maximum atomic E-state index is 10.9. The fourth-order valence-corrected chi connectivity index (χ4v) is 8.12. The molecule has 0 aliphatic heterocycles. The molecule has 4 aliphatic carbocycles. The quantitative estimate of drug-likeness (QED) is 0.652. The van der Waals surface area contributed by atoms with Gasteiger partial charge in [0.15, 0.2) is 0 Å². The summed E-state index contributed by atoms with van der Waals surface area (Å²) in [5.41, 5.74) is 1.20. The van der Waals surface area contributed by atoms with Crippen molar-refractivity contribution in [2.75, 3.05) is 0 Å². The summed E-state index contributed by atoms with van der Waals surface area (Å²) in [6.07, 6.45) is 12.2. The van der Waals surface area contributed by atoms with Crippen LogP contribution in [0.3, 0.4) is 0 Å². The van der Waals surface area contributed by atoms with Crippen molar-refractivity contribution in [3.8, 4) is 0 Å². The lowest BCUT2D eigenvalue weighted by Crippen LogP contribution is -2.55. The number of hydrogen-bond acceptors (Lipinski definition) is 1. The van der Waals surface area contributed by atoms with Crippen LogP contribution in [0.15, 0.2) is 0 Å². The van der Waals surface area contributed by atoms with Gasteiger partial charge in [0.1, 0.15) is 0 Å². The van der Waals surface area contributed by atoms with E-state index in [1.54, 1.807) is 0 Å². The molecule has 1 heteroatoms. The maximum absolute atomic E-state index is 10.9. The van der Waals surface area contributed by atoms with Crippen LogP contribution in [0.5, 0.6) is 0 Å². The zero-order valence-corrected chi connectivity index (χ0v) is 14.5. The number of aliphatic hydroxyl groups is 1. The van der Waals surface area contributed by atoms with Crippen LogP contribution in [0, 0.1) is 34.0 Å². The molecule has 0 aromatic carbocycles. The average Bonchev–Trinajstić information content (AvgIpc) is 2.53. The minimum absolute atomic E-state index is 0.373. The fraction of sp³-hybridized carbons (Fsp3) is 1.00. The van der Waals surface area contributed by atoms with Gasteiger partial charge in [-0.2, -0.15) is 0 Å². The molecule has 0 radical (unpaired) electrons. The van der Waals surface area contributed by atoms with E-state index in [0.717, 1.165) is 18.3 Å². The number of rotatable bonds is 0. The van der Waals surface area contributed by atoms with Gasteiger partial charge in [0.25, 0.3) is 0 Å². The molecule has 6 atom stereocenters. The second-order valence-electron chi connectivity index (χ2n) is 10.4. The average molecular weight is 290 g/mol. The normalized spacial score (nSPS) is 58.4. The molecule has 0 aromatic heterocycles. The van der Waals surface area contributed by atoms with E-state index in [-0.39, 0.29) is 5.60 Å². The van der Waals surface area contributed by atoms with E-state index >= 15 is 0 Å². The lowest BCUT2D eigenvalue weighted by Gasteiger charge is -2.64. The molecule has 4 rings (SSSR count). The molecule has 0 heterocycles. The summed E-state index contributed by atoms with van der Waals surface area (Å²) in [5.74, 6) is 2.38. The first-order valence-electron chi connectivity index (χ1n) is 9.42. The Bertz CT molecular complexity index is 451. The van der Waals surface area contributed by atoms with E-state index in [1.807, 2.05) is 0 Å². The zero-order valence-electron chi connectivity index (χ0n) is 14.5. The predicted octanol–water partition coefficient (Wildman–Crippen LogP) is 5.17. The van der Waals surface area contributed by atoms with Crippen molar-refractivity contribution in [1.29, 1.82) is 0 Å². The molecule has 1 spiro atoms. The van der Waals surface area contributed by atoms with E-state index in [1.165, 1.54) is 51.4 Å². The lowest BCUT2D eigenvalue weighted by atomic mass is 9.41. The maximum Gasteiger partial charge on any atom is 0.0653 e. The molecule has 0 amide bonds. The highest BCUT2D eigenvalue weighted by atomic mass is 16.3. The summed E-state index contributed by atoms with van der Waals surface area (Å²) < 4.78 is 0. The van der Waals surface area contributed by atoms with Crippen molar-refractivity contribution in [3.05, 3.63) is 0 Å². The van der Waals surface area contributed by atoms with Crippen molar-refractivity contribution in [3.63, 3.8) is 0 Å². The molecule has 4 fully saturated rings. The summed E-state index contributed by atoms with van der Waals surface area (Å²) in [6.45, 7) is 9.83. The Hall–Kier alpha value is -0.0400. The van der Waals surface area contributed by atoms with Crippen molar-refractivity contribution in [1.82, 2.24) is 0 Å². The summed E-state index contributed by atoms with van der Waals surface area (Å²) in [6, 6.07) is 0. The van der Waals surface area contributed by atoms with Crippen molar-refractivity contribution in [2.45, 2.75) is 91.1 Å². The van der Waals surface area contributed by atoms with Gasteiger partial charge in [-0.25, -0.2) is 0 Å². The van der Waals surface area contributed by atoms with E-state index in [0.29, 0.717) is 22.2 Å². The summed E-state index contributed by atoms with van der Waals surface area (Å²) >= 11 is 0. The standard InChI is InChI=1S/C20H34O/c1-17(2)9-5-10-18(3)15(17)8-11-20-12-14(6-7-16(18)20)19(4,21)13-20/h14-16,21H,5-13H2,1-4H3/t14-,15-,16-,18+,19-,20+/m1/s1. The van der Waals surface area contributed by atoms with Crippen molar-refractivity contribution < 1.29 is 5.11 Å². The van der Waals surface area contributed by atoms with E-state index in [4.69, 9.17) is 0 Å². The first kappa shape index (κ1) is 14.5. The van der Waals surface area contributed by atoms with Gasteiger partial charge in [-0.15, -0.1) is 0 Å². The monoisotopic (exact) mass is 290 g/mol. The molecule has 0 saturated heterocycles. The first-order valence-corrected chi connectivity index (χ1v) is 9.42. The Labute approximate surface area is 130 Å². The van der Waals surface area contributed by atoms with Gasteiger partial charge >= 0.3 is 0 Å². The zero-order chi connectivity index (χ0) is 15.1. The topological polar surface area (TPSA) is 20.2 Å². The largest absolute Gasteiger partial charge is 0.390 e. The molecule has 0 unspecified atom stereocenters. The van der Waals surface area contributed by atoms with Crippen LogP contribution in [0.4, 0.5) is 0 Å². The molecular weight excluding hydrogens is 256 g/mol. The molecule has 21 heavy (non-hydrogen) atoms. The fourth-order valence-electron chi connectivity index (χ4n) is 8.12. The Morgan fingerprint density at radius 2 is 1.62 bits per heavy atom. The Balaban J connectivity index is 1.73. The Morgan fingerprint density at radius 1 is 0.857 bits per heavy atom. The van der Waals surface area contributed by atoms with Crippen LogP contribution in [0.25, 0.3) is 0 Å². The molecule has 1 nitrogen and oxygen atoms in total. The van der Waals surface area contributed by atoms with Crippen LogP contribution >= 0.6 is 0 Å². The van der Waals surface area contributed by atoms with Gasteiger partial charge in [-0.3, -0.25) is 0 Å². The minimum atomic E-state index is -0.373. The van der Waals surface area contributed by atoms with E-state index in [2.05, 4.69) is 27.7 Å². The van der Waals surface area contributed by atoms with E-state index < -0.39 is 0 Å². The SMILES string of the molecule is CC1(C)CCC[C@@]2(C)[C@@H]1CC[C@@]13C[C@@H](CC[C@@H]12)[C@](C)(O)C3. The van der Waals surface area contributed by atoms with Crippen LogP contribution in [0.2, 0.25) is 0 Å². The second kappa shape index (κ2) is 4.08. The molecule has 120 valence electrons. The van der Waals surface area contributed by atoms with Crippen LogP contribution in [-0.2, 0) is 0 Å². The summed E-state index contributed by atoms with van der Waals surface area (Å²) in [7, 11) is 0. The third-order valence-electron chi connectivity index (χ3n) is 8.79. The summed E-state index contributed by atoms with van der Waals surface area (Å²) in [4.78, 5) is 0. The molecule has 4 saturated carbocycles. The Morgan fingerprint density at radius 3 is 2.38 bits per heavy atom. The van der Waals surface area contributed by atoms with Crippen molar-refractivity contribution in [2.24, 2.45) is 34.0 Å². The van der Waals surface area contributed by atoms with Crippen LogP contribution in [-0.4, -0.2) is 10.7 Å². The number of fused-ring (bicyclic) bond motifs is 3. The van der Waals surface area contributed by atoms with Gasteiger partial charge in [0.05, 0.1) is 5.60 Å². The summed E-state index contributed by atoms with van der Waals surface area (Å²) in [5, 5.41) is 10.9. The predicted molar refractivity (Wildman–Crippen MR) is 87.0 cm³/mol. The smallest absolute Gasteiger partial charge is 0.0653 e. The number of hydrogen-bond donors (Lipinski definition) is 1. The third-order valence-corrected chi connectivity index (χ3v) is 8.79. The minimum Gasteiger partial charge on any atom is -0.390 e. The molecule has 0 aromatic rings. The van der Waals surface area contributed by atoms with Gasteiger partial charge in [0, 0.05) is 0 Å². The van der Waals surface area contributed by atoms with Gasteiger partial charge in [-0.1, -0.05) is 27.2 Å². The van der Waals surface area contributed by atoms with Gasteiger partial charge in [-0.05, 0) is 92.3 Å². The Kier molecular flexibility index (Phi) is 2.82. The van der Waals surface area contributed by atoms with Crippen molar-refractivity contribution >= 4 is 0 Å². The van der Waals surface area contributed by atoms with Crippen LogP contribution in [0.1, 0.15) is 85.5 Å². The molecular formula is C20H34O. The third kappa shape index (κ3) is 1.79. The highest BCUT2D eigenvalue weighted by molar-refractivity contribution is 5.15.